The van der Waals surface area contributed by atoms with E-state index in [4.69, 9.17) is 0 Å². The van der Waals surface area contributed by atoms with Crippen LogP contribution in [0.1, 0.15) is 12.5 Å². The van der Waals surface area contributed by atoms with Crippen molar-refractivity contribution in [3.8, 4) is 0 Å². The molecule has 0 spiro atoms. The third-order valence-electron chi connectivity index (χ3n) is 1.45. The minimum Gasteiger partial charge on any atom is -0.298 e. The maximum atomic E-state index is 10.3. The number of allylic oxidation sites excluding steroid dienone is 1. The Hall–Kier alpha value is -0.890. The Balaban J connectivity index is 2.91. The normalized spacial score (nSPS) is 11.3. The quantitative estimate of drug-likeness (QED) is 0.558. The van der Waals surface area contributed by atoms with E-state index in [1.165, 1.54) is 0 Å². The number of halogens is 1. The monoisotopic (exact) mass is 224 g/mol. The fraction of sp³-hybridized carbons (Fsp3) is 0.100. The lowest BCUT2D eigenvalue weighted by molar-refractivity contribution is -0.104. The number of carbonyl (C=O) groups excluding carboxylic acids is 1. The molecule has 0 aliphatic heterocycles. The summed E-state index contributed by atoms with van der Waals surface area (Å²) >= 11 is 3.34. The van der Waals surface area contributed by atoms with Crippen molar-refractivity contribution in [1.82, 2.24) is 0 Å². The van der Waals surface area contributed by atoms with Gasteiger partial charge in [0.2, 0.25) is 0 Å². The highest BCUT2D eigenvalue weighted by atomic mass is 79.9. The molecule has 1 nitrogen and oxygen atoms in total. The molecule has 1 rings (SSSR count). The van der Waals surface area contributed by atoms with Crippen LogP contribution < -0.4 is 0 Å². The van der Waals surface area contributed by atoms with Gasteiger partial charge < -0.3 is 0 Å². The van der Waals surface area contributed by atoms with E-state index in [1.54, 1.807) is 6.92 Å². The molecule has 0 unspecified atom stereocenters. The number of carbonyl (C=O) groups is 1. The summed E-state index contributed by atoms with van der Waals surface area (Å²) in [7, 11) is 0. The molecular formula is C10H9BrO. The lowest BCUT2D eigenvalue weighted by Gasteiger charge is -1.93. The summed E-state index contributed by atoms with van der Waals surface area (Å²) in [4.78, 5) is 10.3. The van der Waals surface area contributed by atoms with Crippen molar-refractivity contribution in [2.45, 2.75) is 6.92 Å². The van der Waals surface area contributed by atoms with E-state index in [9.17, 15) is 4.79 Å². The van der Waals surface area contributed by atoms with Gasteiger partial charge in [0.05, 0.1) is 0 Å². The Labute approximate surface area is 80.2 Å². The van der Waals surface area contributed by atoms with Gasteiger partial charge >= 0.3 is 0 Å². The fourth-order valence-electron chi connectivity index (χ4n) is 0.856. The second-order valence-corrected chi connectivity index (χ2v) is 3.47. The molecule has 0 heterocycles. The summed E-state index contributed by atoms with van der Waals surface area (Å²) in [6.45, 7) is 1.79. The first kappa shape index (κ1) is 9.20. The standard InChI is InChI=1S/C10H9BrO/c1-8(7-12)6-9-2-4-10(11)5-3-9/h2-7H,1H3/b8-6+. The van der Waals surface area contributed by atoms with Crippen molar-refractivity contribution in [1.29, 1.82) is 0 Å². The highest BCUT2D eigenvalue weighted by Gasteiger charge is 1.89. The zero-order valence-corrected chi connectivity index (χ0v) is 8.34. The predicted octanol–water partition coefficient (Wildman–Crippen LogP) is 3.05. The van der Waals surface area contributed by atoms with Gasteiger partial charge in [-0.1, -0.05) is 28.1 Å². The van der Waals surface area contributed by atoms with Gasteiger partial charge in [0.1, 0.15) is 6.29 Å². The van der Waals surface area contributed by atoms with Gasteiger partial charge in [0, 0.05) is 4.47 Å². The van der Waals surface area contributed by atoms with E-state index in [2.05, 4.69) is 15.9 Å². The SMILES string of the molecule is C/C(C=O)=C\c1ccc(Br)cc1. The van der Waals surface area contributed by atoms with Gasteiger partial charge in [-0.2, -0.15) is 0 Å². The van der Waals surface area contributed by atoms with E-state index in [0.29, 0.717) is 0 Å². The number of aldehydes is 1. The molecule has 0 fully saturated rings. The highest BCUT2D eigenvalue weighted by molar-refractivity contribution is 9.10. The number of rotatable bonds is 2. The third kappa shape index (κ3) is 2.62. The first-order valence-corrected chi connectivity index (χ1v) is 4.41. The average Bonchev–Trinajstić information content (AvgIpc) is 2.09. The van der Waals surface area contributed by atoms with E-state index < -0.39 is 0 Å². The van der Waals surface area contributed by atoms with Crippen molar-refractivity contribution >= 4 is 28.3 Å². The van der Waals surface area contributed by atoms with Gasteiger partial charge in [-0.15, -0.1) is 0 Å². The van der Waals surface area contributed by atoms with E-state index in [-0.39, 0.29) is 0 Å². The predicted molar refractivity (Wildman–Crippen MR) is 53.9 cm³/mol. The van der Waals surface area contributed by atoms with Crippen LogP contribution in [0.2, 0.25) is 0 Å². The van der Waals surface area contributed by atoms with E-state index >= 15 is 0 Å². The molecule has 0 aliphatic rings. The smallest absolute Gasteiger partial charge is 0.145 e. The summed E-state index contributed by atoms with van der Waals surface area (Å²) in [6.07, 6.45) is 2.70. The molecule has 0 amide bonds. The maximum absolute atomic E-state index is 10.3. The van der Waals surface area contributed by atoms with Crippen molar-refractivity contribution in [2.75, 3.05) is 0 Å². The topological polar surface area (TPSA) is 17.1 Å². The molecule has 0 N–H and O–H groups in total. The minimum absolute atomic E-state index is 0.734. The highest BCUT2D eigenvalue weighted by Crippen LogP contribution is 2.12. The Morgan fingerprint density at radius 1 is 1.33 bits per heavy atom. The molecule has 0 aliphatic carbocycles. The van der Waals surface area contributed by atoms with Crippen LogP contribution in [-0.4, -0.2) is 6.29 Å². The zero-order valence-electron chi connectivity index (χ0n) is 6.75. The number of hydrogen-bond acceptors (Lipinski definition) is 1. The number of benzene rings is 1. The van der Waals surface area contributed by atoms with Gasteiger partial charge in [-0.05, 0) is 36.3 Å². The average molecular weight is 225 g/mol. The Bertz CT molecular complexity index is 298. The van der Waals surface area contributed by atoms with Crippen molar-refractivity contribution in [3.05, 3.63) is 39.9 Å². The zero-order chi connectivity index (χ0) is 8.97. The molecule has 0 aromatic heterocycles. The molecule has 62 valence electrons. The Morgan fingerprint density at radius 3 is 2.42 bits per heavy atom. The first-order valence-electron chi connectivity index (χ1n) is 3.61. The summed E-state index contributed by atoms with van der Waals surface area (Å²) < 4.78 is 1.04. The lowest BCUT2D eigenvalue weighted by Crippen LogP contribution is -1.77. The fourth-order valence-corrected chi connectivity index (χ4v) is 1.12. The van der Waals surface area contributed by atoms with Crippen LogP contribution in [0.4, 0.5) is 0 Å². The van der Waals surface area contributed by atoms with Crippen LogP contribution in [0.3, 0.4) is 0 Å². The second-order valence-electron chi connectivity index (χ2n) is 2.56. The second kappa shape index (κ2) is 4.21. The maximum Gasteiger partial charge on any atom is 0.145 e. The Kier molecular flexibility index (Phi) is 3.23. The summed E-state index contributed by atoms with van der Waals surface area (Å²) in [5.41, 5.74) is 1.78. The van der Waals surface area contributed by atoms with Crippen LogP contribution in [-0.2, 0) is 4.79 Å². The Morgan fingerprint density at radius 2 is 1.92 bits per heavy atom. The van der Waals surface area contributed by atoms with Gasteiger partial charge in [-0.3, -0.25) is 4.79 Å². The third-order valence-corrected chi connectivity index (χ3v) is 1.98. The van der Waals surface area contributed by atoms with Crippen LogP contribution in [0.5, 0.6) is 0 Å². The molecule has 0 bridgehead atoms. The van der Waals surface area contributed by atoms with Crippen LogP contribution in [0.15, 0.2) is 34.3 Å². The minimum atomic E-state index is 0.734. The molecule has 0 atom stereocenters. The van der Waals surface area contributed by atoms with Crippen LogP contribution >= 0.6 is 15.9 Å². The summed E-state index contributed by atoms with van der Waals surface area (Å²) in [5, 5.41) is 0. The molecule has 0 saturated carbocycles. The van der Waals surface area contributed by atoms with Gasteiger partial charge in [0.15, 0.2) is 0 Å². The summed E-state index contributed by atoms with van der Waals surface area (Å²) in [6, 6.07) is 7.81. The van der Waals surface area contributed by atoms with Crippen LogP contribution in [0.25, 0.3) is 6.08 Å². The molecule has 12 heavy (non-hydrogen) atoms. The van der Waals surface area contributed by atoms with Crippen molar-refractivity contribution in [2.24, 2.45) is 0 Å². The molecule has 1 aromatic carbocycles. The van der Waals surface area contributed by atoms with Gasteiger partial charge in [-0.25, -0.2) is 0 Å². The molecule has 2 heteroatoms. The molecule has 1 aromatic rings. The number of hydrogen-bond donors (Lipinski definition) is 0. The molecular weight excluding hydrogens is 216 g/mol. The van der Waals surface area contributed by atoms with Crippen molar-refractivity contribution in [3.63, 3.8) is 0 Å². The first-order chi connectivity index (χ1) is 5.72. The molecule has 0 radical (unpaired) electrons. The molecule has 0 saturated heterocycles. The van der Waals surface area contributed by atoms with Gasteiger partial charge in [0.25, 0.3) is 0 Å². The van der Waals surface area contributed by atoms with E-state index in [1.807, 2.05) is 30.3 Å². The lowest BCUT2D eigenvalue weighted by atomic mass is 10.1. The largest absolute Gasteiger partial charge is 0.298 e. The van der Waals surface area contributed by atoms with E-state index in [0.717, 1.165) is 21.9 Å². The van der Waals surface area contributed by atoms with Crippen molar-refractivity contribution < 1.29 is 4.79 Å². The van der Waals surface area contributed by atoms with Crippen LogP contribution in [0, 0.1) is 0 Å². The summed E-state index contributed by atoms with van der Waals surface area (Å²) in [5.74, 6) is 0.